The number of anilines is 1. The molecule has 1 fully saturated rings. The third kappa shape index (κ3) is 5.24. The Balaban J connectivity index is 1.81. The first kappa shape index (κ1) is 22.0. The Morgan fingerprint density at radius 3 is 2.77 bits per heavy atom. The Kier molecular flexibility index (Phi) is 7.20. The number of rotatable bonds is 6. The number of urea groups is 1. The van der Waals surface area contributed by atoms with Crippen molar-refractivity contribution in [1.29, 1.82) is 0 Å². The monoisotopic (exact) mass is 418 g/mol. The highest BCUT2D eigenvalue weighted by atomic mass is 19.1. The molecule has 1 unspecified atom stereocenters. The first-order valence-corrected chi connectivity index (χ1v) is 10.0. The number of carbonyl (C=O) groups is 1. The topological polar surface area (TPSA) is 66.5 Å². The average Bonchev–Trinajstić information content (AvgIpc) is 2.71. The lowest BCUT2D eigenvalue weighted by molar-refractivity contribution is 0.163. The molecule has 2 aromatic rings. The fraction of sp³-hybridized carbons (Fsp3) is 0.455. The molecule has 1 aromatic heterocycles. The minimum absolute atomic E-state index is 0.291. The molecular weight excluding hydrogens is 390 g/mol. The smallest absolute Gasteiger partial charge is 0.319 e. The maximum absolute atomic E-state index is 15.0. The number of carbonyl (C=O) groups excluding carboxylic acids is 1. The van der Waals surface area contributed by atoms with Crippen LogP contribution in [0.25, 0.3) is 0 Å². The number of ether oxygens (including phenoxy) is 1. The molecule has 8 heteroatoms. The molecule has 1 aromatic carbocycles. The van der Waals surface area contributed by atoms with Gasteiger partial charge < -0.3 is 15.4 Å². The highest BCUT2D eigenvalue weighted by Gasteiger charge is 2.34. The summed E-state index contributed by atoms with van der Waals surface area (Å²) in [5.74, 6) is -0.244. The van der Waals surface area contributed by atoms with Gasteiger partial charge in [0.25, 0.3) is 0 Å². The third-order valence-corrected chi connectivity index (χ3v) is 5.50. The number of pyridine rings is 1. The number of hydrogen-bond donors (Lipinski definition) is 2. The van der Waals surface area contributed by atoms with Crippen molar-refractivity contribution >= 4 is 11.7 Å². The summed E-state index contributed by atoms with van der Waals surface area (Å²) in [5, 5.41) is 5.75. The summed E-state index contributed by atoms with van der Waals surface area (Å²) in [6.07, 6.45) is 2.18. The standard InChI is InChI=1S/C22H28F2N4O2/c1-14-10-17(30-3)11-19(24)21(14)18-13-28(9-7-23)8-6-20(18)27-22(29)26-16-5-4-15(2)25-12-16/h4-5,10-12,18,20H,6-9,13H2,1-3H3,(H2,26,27,29)/t18?,20-/m1/s1. The van der Waals surface area contributed by atoms with E-state index in [1.807, 2.05) is 24.8 Å². The molecule has 30 heavy (non-hydrogen) atoms. The zero-order chi connectivity index (χ0) is 21.7. The lowest BCUT2D eigenvalue weighted by atomic mass is 9.83. The van der Waals surface area contributed by atoms with Gasteiger partial charge in [-0.1, -0.05) is 0 Å². The van der Waals surface area contributed by atoms with Crippen molar-refractivity contribution < 1.29 is 18.3 Å². The summed E-state index contributed by atoms with van der Waals surface area (Å²) in [7, 11) is 1.49. The molecule has 2 heterocycles. The van der Waals surface area contributed by atoms with Gasteiger partial charge in [-0.15, -0.1) is 0 Å². The predicted octanol–water partition coefficient (Wildman–Crippen LogP) is 3.80. The Hall–Kier alpha value is -2.74. The number of amides is 2. The largest absolute Gasteiger partial charge is 0.497 e. The van der Waals surface area contributed by atoms with Gasteiger partial charge >= 0.3 is 6.03 Å². The van der Waals surface area contributed by atoms with Gasteiger partial charge in [-0.25, -0.2) is 13.6 Å². The summed E-state index contributed by atoms with van der Waals surface area (Å²) in [6, 6.07) is 6.05. The number of halogens is 2. The SMILES string of the molecule is COc1cc(C)c(C2CN(CCF)CC[C@H]2NC(=O)Nc2ccc(C)nc2)c(F)c1. The third-order valence-electron chi connectivity index (χ3n) is 5.50. The zero-order valence-electron chi connectivity index (χ0n) is 17.5. The van der Waals surface area contributed by atoms with Gasteiger partial charge in [0.1, 0.15) is 18.2 Å². The minimum Gasteiger partial charge on any atom is -0.497 e. The summed E-state index contributed by atoms with van der Waals surface area (Å²) in [4.78, 5) is 18.7. The van der Waals surface area contributed by atoms with Crippen molar-refractivity contribution in [3.8, 4) is 5.75 Å². The van der Waals surface area contributed by atoms with Gasteiger partial charge in [0, 0.05) is 43.4 Å². The number of nitrogens with one attached hydrogen (secondary N) is 2. The molecule has 1 saturated heterocycles. The van der Waals surface area contributed by atoms with E-state index in [1.54, 1.807) is 18.3 Å². The van der Waals surface area contributed by atoms with E-state index in [4.69, 9.17) is 4.74 Å². The number of methoxy groups -OCH3 is 1. The van der Waals surface area contributed by atoms with Crippen molar-refractivity contribution in [2.24, 2.45) is 0 Å². The van der Waals surface area contributed by atoms with E-state index >= 15 is 0 Å². The average molecular weight is 418 g/mol. The van der Waals surface area contributed by atoms with Crippen LogP contribution in [0, 0.1) is 19.7 Å². The Morgan fingerprint density at radius 1 is 1.33 bits per heavy atom. The number of benzene rings is 1. The molecule has 0 aliphatic carbocycles. The lowest BCUT2D eigenvalue weighted by Gasteiger charge is -2.39. The van der Waals surface area contributed by atoms with Crippen LogP contribution in [0.2, 0.25) is 0 Å². The molecule has 1 aliphatic rings. The molecule has 2 atom stereocenters. The second kappa shape index (κ2) is 9.84. The first-order chi connectivity index (χ1) is 14.4. The highest BCUT2D eigenvalue weighted by Crippen LogP contribution is 2.34. The summed E-state index contributed by atoms with van der Waals surface area (Å²) >= 11 is 0. The Morgan fingerprint density at radius 2 is 2.13 bits per heavy atom. The van der Waals surface area contributed by atoms with Gasteiger partial charge in [-0.2, -0.15) is 0 Å². The van der Waals surface area contributed by atoms with E-state index in [-0.39, 0.29) is 23.8 Å². The number of piperidine rings is 1. The predicted molar refractivity (Wildman–Crippen MR) is 112 cm³/mol. The van der Waals surface area contributed by atoms with Crippen LogP contribution < -0.4 is 15.4 Å². The van der Waals surface area contributed by atoms with Crippen LogP contribution in [0.4, 0.5) is 19.3 Å². The van der Waals surface area contributed by atoms with Crippen molar-refractivity contribution in [1.82, 2.24) is 15.2 Å². The van der Waals surface area contributed by atoms with E-state index in [0.717, 1.165) is 11.3 Å². The van der Waals surface area contributed by atoms with Crippen LogP contribution in [0.1, 0.15) is 29.2 Å². The number of aromatic nitrogens is 1. The molecule has 0 spiro atoms. The molecule has 1 aliphatic heterocycles. The molecular formula is C22H28F2N4O2. The maximum atomic E-state index is 15.0. The van der Waals surface area contributed by atoms with E-state index in [0.29, 0.717) is 43.1 Å². The van der Waals surface area contributed by atoms with Crippen LogP contribution in [-0.4, -0.2) is 55.4 Å². The summed E-state index contributed by atoms with van der Waals surface area (Å²) in [5.41, 5.74) is 2.71. The van der Waals surface area contributed by atoms with Gasteiger partial charge in [-0.05, 0) is 49.6 Å². The molecule has 3 rings (SSSR count). The van der Waals surface area contributed by atoms with Crippen molar-refractivity contribution in [3.05, 3.63) is 53.1 Å². The normalized spacial score (nSPS) is 19.4. The number of alkyl halides is 1. The Labute approximate surface area is 175 Å². The second-order valence-electron chi connectivity index (χ2n) is 7.62. The van der Waals surface area contributed by atoms with E-state index in [2.05, 4.69) is 15.6 Å². The molecule has 2 N–H and O–H groups in total. The van der Waals surface area contributed by atoms with Crippen LogP contribution >= 0.6 is 0 Å². The number of aryl methyl sites for hydroxylation is 2. The van der Waals surface area contributed by atoms with E-state index < -0.39 is 6.67 Å². The van der Waals surface area contributed by atoms with Crippen LogP contribution in [0.15, 0.2) is 30.5 Å². The van der Waals surface area contributed by atoms with E-state index in [9.17, 15) is 13.6 Å². The Bertz CT molecular complexity index is 853. The highest BCUT2D eigenvalue weighted by molar-refractivity contribution is 5.89. The van der Waals surface area contributed by atoms with Gasteiger partial charge in [0.2, 0.25) is 0 Å². The lowest BCUT2D eigenvalue weighted by Crippen LogP contribution is -2.51. The molecule has 0 bridgehead atoms. The first-order valence-electron chi connectivity index (χ1n) is 10.0. The molecule has 162 valence electrons. The van der Waals surface area contributed by atoms with Crippen LogP contribution in [-0.2, 0) is 0 Å². The minimum atomic E-state index is -0.462. The number of nitrogens with zero attached hydrogens (tertiary/aromatic N) is 2. The molecule has 0 saturated carbocycles. The van der Waals surface area contributed by atoms with Crippen molar-refractivity contribution in [2.75, 3.05) is 38.7 Å². The van der Waals surface area contributed by atoms with Crippen LogP contribution in [0.3, 0.4) is 0 Å². The van der Waals surface area contributed by atoms with Crippen molar-refractivity contribution in [3.63, 3.8) is 0 Å². The zero-order valence-corrected chi connectivity index (χ0v) is 17.5. The van der Waals surface area contributed by atoms with E-state index in [1.165, 1.54) is 13.2 Å². The molecule has 2 amide bonds. The van der Waals surface area contributed by atoms with Gasteiger partial charge in [0.05, 0.1) is 19.0 Å². The number of likely N-dealkylation sites (tertiary alicyclic amines) is 1. The quantitative estimate of drug-likeness (QED) is 0.749. The van der Waals surface area contributed by atoms with Crippen LogP contribution in [0.5, 0.6) is 5.75 Å². The molecule has 6 nitrogen and oxygen atoms in total. The second-order valence-corrected chi connectivity index (χ2v) is 7.62. The van der Waals surface area contributed by atoms with Gasteiger partial charge in [-0.3, -0.25) is 9.88 Å². The van der Waals surface area contributed by atoms with Crippen molar-refractivity contribution in [2.45, 2.75) is 32.2 Å². The van der Waals surface area contributed by atoms with Gasteiger partial charge in [0.15, 0.2) is 0 Å². The summed E-state index contributed by atoms with van der Waals surface area (Å²) < 4.78 is 33.1. The maximum Gasteiger partial charge on any atom is 0.319 e. The summed E-state index contributed by atoms with van der Waals surface area (Å²) in [6.45, 7) is 4.62. The fourth-order valence-corrected chi connectivity index (χ4v) is 4.00. The number of hydrogen-bond acceptors (Lipinski definition) is 4. The fourth-order valence-electron chi connectivity index (χ4n) is 4.00. The molecule has 0 radical (unpaired) electrons.